The molecule has 0 spiro atoms. The molecule has 23 heavy (non-hydrogen) atoms. The number of amides is 1. The molecule has 0 saturated carbocycles. The predicted octanol–water partition coefficient (Wildman–Crippen LogP) is 2.50. The Morgan fingerprint density at radius 2 is 1.74 bits per heavy atom. The molecule has 130 valence electrons. The van der Waals surface area contributed by atoms with E-state index in [1.54, 1.807) is 0 Å². The van der Waals surface area contributed by atoms with Crippen LogP contribution < -0.4 is 5.32 Å². The van der Waals surface area contributed by atoms with Crippen LogP contribution in [0.1, 0.15) is 39.2 Å². The van der Waals surface area contributed by atoms with Crippen LogP contribution in [0.5, 0.6) is 0 Å². The van der Waals surface area contributed by atoms with E-state index in [4.69, 9.17) is 0 Å². The Hall–Kier alpha value is -1.40. The summed E-state index contributed by atoms with van der Waals surface area (Å²) in [4.78, 5) is 14.0. The molecule has 0 aliphatic carbocycles. The molecule has 0 aliphatic heterocycles. The van der Waals surface area contributed by atoms with Crippen LogP contribution in [-0.2, 0) is 14.6 Å². The molecule has 5 nitrogen and oxygen atoms in total. The first kappa shape index (κ1) is 19.6. The van der Waals surface area contributed by atoms with Gasteiger partial charge < -0.3 is 5.32 Å². The van der Waals surface area contributed by atoms with Crippen molar-refractivity contribution in [1.82, 2.24) is 4.90 Å². The summed E-state index contributed by atoms with van der Waals surface area (Å²) < 4.78 is 22.8. The largest absolute Gasteiger partial charge is 0.325 e. The van der Waals surface area contributed by atoms with E-state index in [-0.39, 0.29) is 24.2 Å². The number of likely N-dealkylation sites (N-methyl/N-ethyl adjacent to an activating group) is 1. The topological polar surface area (TPSA) is 66.5 Å². The number of rotatable bonds is 8. The zero-order valence-corrected chi connectivity index (χ0v) is 15.5. The maximum atomic E-state index is 12.2. The van der Waals surface area contributed by atoms with Gasteiger partial charge in [-0.15, -0.1) is 0 Å². The lowest BCUT2D eigenvalue weighted by molar-refractivity contribution is -0.117. The third-order valence-electron chi connectivity index (χ3n) is 3.78. The summed E-state index contributed by atoms with van der Waals surface area (Å²) in [5.41, 5.74) is 1.98. The highest BCUT2D eigenvalue weighted by atomic mass is 32.2. The Bertz CT molecular complexity index is 609. The first-order valence-electron chi connectivity index (χ1n) is 7.94. The van der Waals surface area contributed by atoms with Gasteiger partial charge in [-0.3, -0.25) is 9.69 Å². The van der Waals surface area contributed by atoms with Gasteiger partial charge in [-0.1, -0.05) is 32.9 Å². The monoisotopic (exact) mass is 340 g/mol. The molecule has 1 amide bonds. The summed E-state index contributed by atoms with van der Waals surface area (Å²) in [6.45, 7) is 8.79. The van der Waals surface area contributed by atoms with Gasteiger partial charge in [0.05, 0.1) is 12.3 Å². The first-order valence-corrected chi connectivity index (χ1v) is 10.00. The lowest BCUT2D eigenvalue weighted by atomic mass is 10.0. The number of benzene rings is 1. The van der Waals surface area contributed by atoms with Crippen molar-refractivity contribution in [3.05, 3.63) is 29.8 Å². The van der Waals surface area contributed by atoms with E-state index in [1.165, 1.54) is 11.8 Å². The van der Waals surface area contributed by atoms with Gasteiger partial charge in [0.2, 0.25) is 5.91 Å². The number of nitrogens with zero attached hydrogens (tertiary/aromatic N) is 1. The van der Waals surface area contributed by atoms with E-state index >= 15 is 0 Å². The van der Waals surface area contributed by atoms with Crippen molar-refractivity contribution in [1.29, 1.82) is 0 Å². The van der Waals surface area contributed by atoms with E-state index in [1.807, 2.05) is 43.0 Å². The highest BCUT2D eigenvalue weighted by Gasteiger charge is 2.19. The second-order valence-corrected chi connectivity index (χ2v) is 8.51. The Morgan fingerprint density at radius 1 is 1.17 bits per heavy atom. The molecule has 1 rings (SSSR count). The molecule has 0 saturated heterocycles. The van der Waals surface area contributed by atoms with Crippen molar-refractivity contribution < 1.29 is 13.2 Å². The van der Waals surface area contributed by atoms with Crippen LogP contribution in [0, 0.1) is 0 Å². The van der Waals surface area contributed by atoms with E-state index in [0.29, 0.717) is 12.5 Å². The third-order valence-corrected chi connectivity index (χ3v) is 4.87. The van der Waals surface area contributed by atoms with Crippen LogP contribution in [0.3, 0.4) is 0 Å². The fourth-order valence-corrected chi connectivity index (χ4v) is 3.55. The molecule has 0 radical (unpaired) electrons. The number of sulfone groups is 1. The van der Waals surface area contributed by atoms with Crippen LogP contribution in [0.25, 0.3) is 0 Å². The second-order valence-electron chi connectivity index (χ2n) is 6.33. The first-order chi connectivity index (χ1) is 10.6. The SMILES string of the molecule is CCN(CC(=O)Nc1ccc(C(C)C)cc1)C(C)CS(C)(=O)=O. The van der Waals surface area contributed by atoms with Crippen molar-refractivity contribution >= 4 is 21.4 Å². The maximum absolute atomic E-state index is 12.2. The number of anilines is 1. The number of hydrogen-bond donors (Lipinski definition) is 1. The zero-order chi connectivity index (χ0) is 17.6. The minimum atomic E-state index is -3.06. The zero-order valence-electron chi connectivity index (χ0n) is 14.7. The Balaban J connectivity index is 2.63. The summed E-state index contributed by atoms with van der Waals surface area (Å²) in [6, 6.07) is 7.60. The number of carbonyl (C=O) groups excluding carboxylic acids is 1. The van der Waals surface area contributed by atoms with Gasteiger partial charge in [0.25, 0.3) is 0 Å². The molecule has 6 heteroatoms. The van der Waals surface area contributed by atoms with Crippen LogP contribution in [0.4, 0.5) is 5.69 Å². The van der Waals surface area contributed by atoms with E-state index < -0.39 is 9.84 Å². The molecule has 1 atom stereocenters. The van der Waals surface area contributed by atoms with Crippen molar-refractivity contribution in [3.8, 4) is 0 Å². The highest BCUT2D eigenvalue weighted by Crippen LogP contribution is 2.17. The molecule has 1 N–H and O–H groups in total. The molecule has 0 fully saturated rings. The molecule has 1 aromatic rings. The Labute approximate surface area is 140 Å². The predicted molar refractivity (Wildman–Crippen MR) is 95.6 cm³/mol. The molecule has 1 unspecified atom stereocenters. The molecular weight excluding hydrogens is 312 g/mol. The smallest absolute Gasteiger partial charge is 0.238 e. The fourth-order valence-electron chi connectivity index (χ4n) is 2.46. The molecule has 0 aromatic heterocycles. The maximum Gasteiger partial charge on any atom is 0.238 e. The summed E-state index contributed by atoms with van der Waals surface area (Å²) >= 11 is 0. The Morgan fingerprint density at radius 3 is 2.17 bits per heavy atom. The van der Waals surface area contributed by atoms with Gasteiger partial charge in [-0.2, -0.15) is 0 Å². The van der Waals surface area contributed by atoms with Gasteiger partial charge in [0, 0.05) is 18.0 Å². The molecule has 0 aliphatic rings. The van der Waals surface area contributed by atoms with E-state index in [2.05, 4.69) is 19.2 Å². The molecule has 0 heterocycles. The minimum Gasteiger partial charge on any atom is -0.325 e. The molecule has 1 aromatic carbocycles. The summed E-state index contributed by atoms with van der Waals surface area (Å²) in [5, 5.41) is 2.86. The third kappa shape index (κ3) is 7.14. The number of hydrogen-bond acceptors (Lipinski definition) is 4. The van der Waals surface area contributed by atoms with Gasteiger partial charge in [0.15, 0.2) is 0 Å². The summed E-state index contributed by atoms with van der Waals surface area (Å²) in [6.07, 6.45) is 1.22. The van der Waals surface area contributed by atoms with Crippen molar-refractivity contribution in [3.63, 3.8) is 0 Å². The molecular formula is C17H28N2O3S. The normalized spacial score (nSPS) is 13.3. The minimum absolute atomic E-state index is 0.0528. The average Bonchev–Trinajstić information content (AvgIpc) is 2.43. The fraction of sp³-hybridized carbons (Fsp3) is 0.588. The van der Waals surface area contributed by atoms with Crippen LogP contribution in [-0.4, -0.2) is 50.4 Å². The van der Waals surface area contributed by atoms with Crippen molar-refractivity contribution in [2.75, 3.05) is 30.4 Å². The molecule has 0 bridgehead atoms. The van der Waals surface area contributed by atoms with Gasteiger partial charge in [0.1, 0.15) is 9.84 Å². The Kier molecular flexibility index (Phi) is 7.22. The number of carbonyl (C=O) groups is 1. The lowest BCUT2D eigenvalue weighted by Crippen LogP contribution is -2.42. The van der Waals surface area contributed by atoms with Gasteiger partial charge >= 0.3 is 0 Å². The number of nitrogens with one attached hydrogen (secondary N) is 1. The second kappa shape index (κ2) is 8.45. The quantitative estimate of drug-likeness (QED) is 0.789. The van der Waals surface area contributed by atoms with E-state index in [9.17, 15) is 13.2 Å². The average molecular weight is 340 g/mol. The van der Waals surface area contributed by atoms with Crippen LogP contribution in [0.15, 0.2) is 24.3 Å². The summed E-state index contributed by atoms with van der Waals surface area (Å²) in [7, 11) is -3.06. The van der Waals surface area contributed by atoms with Gasteiger partial charge in [-0.25, -0.2) is 8.42 Å². The standard InChI is InChI=1S/C17H28N2O3S/c1-6-19(14(4)12-23(5,21)22)11-17(20)18-16-9-7-15(8-10-16)13(2)3/h7-10,13-14H,6,11-12H2,1-5H3,(H,18,20). The van der Waals surface area contributed by atoms with Crippen molar-refractivity contribution in [2.45, 2.75) is 39.7 Å². The van der Waals surface area contributed by atoms with Crippen LogP contribution in [0.2, 0.25) is 0 Å². The lowest BCUT2D eigenvalue weighted by Gasteiger charge is -2.26. The van der Waals surface area contributed by atoms with Crippen molar-refractivity contribution in [2.24, 2.45) is 0 Å². The summed E-state index contributed by atoms with van der Waals surface area (Å²) in [5.74, 6) is 0.369. The highest BCUT2D eigenvalue weighted by molar-refractivity contribution is 7.90. The van der Waals surface area contributed by atoms with Crippen LogP contribution >= 0.6 is 0 Å². The van der Waals surface area contributed by atoms with E-state index in [0.717, 1.165) is 5.69 Å². The van der Waals surface area contributed by atoms with Gasteiger partial charge in [-0.05, 0) is 37.1 Å².